The second-order valence-corrected chi connectivity index (χ2v) is 7.83. The van der Waals surface area contributed by atoms with Crippen molar-refractivity contribution in [1.82, 2.24) is 15.0 Å². The van der Waals surface area contributed by atoms with E-state index in [1.165, 1.54) is 0 Å². The van der Waals surface area contributed by atoms with E-state index in [9.17, 15) is 4.79 Å². The van der Waals surface area contributed by atoms with E-state index >= 15 is 0 Å². The number of anilines is 4. The van der Waals surface area contributed by atoms with Crippen LogP contribution in [0.25, 0.3) is 22.2 Å². The molecule has 0 saturated heterocycles. The first kappa shape index (κ1) is 20.5. The van der Waals surface area contributed by atoms with Crippen LogP contribution in [0.1, 0.15) is 10.4 Å². The molecule has 8 heteroatoms. The summed E-state index contributed by atoms with van der Waals surface area (Å²) < 4.78 is 0. The van der Waals surface area contributed by atoms with E-state index in [1.807, 2.05) is 42.6 Å². The minimum Gasteiger partial charge on any atom is -0.399 e. The fourth-order valence-electron chi connectivity index (χ4n) is 3.53. The van der Waals surface area contributed by atoms with Gasteiger partial charge in [-0.05, 0) is 48.5 Å². The second-order valence-electron chi connectivity index (χ2n) is 7.42. The van der Waals surface area contributed by atoms with Crippen molar-refractivity contribution >= 4 is 51.4 Å². The molecule has 0 saturated carbocycles. The van der Waals surface area contributed by atoms with Gasteiger partial charge in [-0.15, -0.1) is 0 Å². The zero-order chi connectivity index (χ0) is 22.8. The van der Waals surface area contributed by atoms with E-state index in [0.29, 0.717) is 33.6 Å². The molecule has 162 valence electrons. The van der Waals surface area contributed by atoms with Gasteiger partial charge in [-0.3, -0.25) is 4.79 Å². The van der Waals surface area contributed by atoms with Crippen LogP contribution in [-0.2, 0) is 0 Å². The van der Waals surface area contributed by atoms with E-state index in [1.54, 1.807) is 42.6 Å². The number of nitrogen functional groups attached to an aromatic ring is 1. The van der Waals surface area contributed by atoms with E-state index < -0.39 is 0 Å². The number of benzene rings is 3. The van der Waals surface area contributed by atoms with Gasteiger partial charge in [-0.25, -0.2) is 9.97 Å². The van der Waals surface area contributed by atoms with Gasteiger partial charge in [0.2, 0.25) is 5.95 Å². The number of para-hydroxylation sites is 1. The summed E-state index contributed by atoms with van der Waals surface area (Å²) in [5.41, 5.74) is 10.7. The standard InChI is InChI=1S/C25H19ClN6O/c26-21-14-29-25(32-23(21)20-13-28-22-7-2-1-6-19(20)22)31-18-5-3-4-17(12-18)30-24(33)15-8-10-16(27)11-9-15/h1-14,28H,27H2,(H,30,33)(H,29,31,32). The van der Waals surface area contributed by atoms with Gasteiger partial charge in [0, 0.05) is 45.3 Å². The van der Waals surface area contributed by atoms with Crippen LogP contribution in [0.4, 0.5) is 23.0 Å². The van der Waals surface area contributed by atoms with Gasteiger partial charge in [0.15, 0.2) is 0 Å². The molecular weight excluding hydrogens is 436 g/mol. The summed E-state index contributed by atoms with van der Waals surface area (Å²) in [4.78, 5) is 24.7. The van der Waals surface area contributed by atoms with Crippen LogP contribution in [0.5, 0.6) is 0 Å². The number of nitrogens with two attached hydrogens (primary N) is 1. The van der Waals surface area contributed by atoms with Crippen LogP contribution in [0.15, 0.2) is 85.2 Å². The topological polar surface area (TPSA) is 109 Å². The largest absolute Gasteiger partial charge is 0.399 e. The number of H-pyrrole nitrogens is 1. The zero-order valence-electron chi connectivity index (χ0n) is 17.3. The molecule has 1 amide bonds. The number of rotatable bonds is 5. The number of amides is 1. The molecule has 0 bridgehead atoms. The number of hydrogen-bond donors (Lipinski definition) is 4. The molecule has 3 aromatic carbocycles. The number of halogens is 1. The van der Waals surface area contributed by atoms with Gasteiger partial charge >= 0.3 is 0 Å². The average Bonchev–Trinajstić information content (AvgIpc) is 3.25. The molecule has 0 atom stereocenters. The number of fused-ring (bicyclic) bond motifs is 1. The van der Waals surface area contributed by atoms with Gasteiger partial charge in [-0.2, -0.15) is 0 Å². The van der Waals surface area contributed by atoms with Crippen molar-refractivity contribution < 1.29 is 4.79 Å². The van der Waals surface area contributed by atoms with E-state index in [2.05, 4.69) is 25.6 Å². The predicted octanol–water partition coefficient (Wildman–Crippen LogP) is 5.86. The lowest BCUT2D eigenvalue weighted by atomic mass is 10.1. The number of carbonyl (C=O) groups is 1. The minimum absolute atomic E-state index is 0.225. The first-order chi connectivity index (χ1) is 16.1. The molecular formula is C25H19ClN6O. The molecule has 2 aromatic heterocycles. The van der Waals surface area contributed by atoms with Crippen LogP contribution in [0, 0.1) is 0 Å². The number of carbonyl (C=O) groups excluding carboxylic acids is 1. The maximum atomic E-state index is 12.5. The highest BCUT2D eigenvalue weighted by Gasteiger charge is 2.13. The first-order valence-corrected chi connectivity index (χ1v) is 10.6. The third kappa shape index (κ3) is 4.35. The molecule has 5 rings (SSSR count). The molecule has 0 aliphatic heterocycles. The summed E-state index contributed by atoms with van der Waals surface area (Å²) in [6.45, 7) is 0. The highest BCUT2D eigenvalue weighted by molar-refractivity contribution is 6.33. The third-order valence-electron chi connectivity index (χ3n) is 5.14. The van der Waals surface area contributed by atoms with Crippen LogP contribution in [0.3, 0.4) is 0 Å². The van der Waals surface area contributed by atoms with Crippen molar-refractivity contribution in [3.63, 3.8) is 0 Å². The second kappa shape index (κ2) is 8.64. The highest BCUT2D eigenvalue weighted by Crippen LogP contribution is 2.32. The van der Waals surface area contributed by atoms with Crippen molar-refractivity contribution in [3.05, 3.63) is 95.8 Å². The molecule has 0 radical (unpaired) electrons. The summed E-state index contributed by atoms with van der Waals surface area (Å²) >= 11 is 6.42. The fourth-order valence-corrected chi connectivity index (χ4v) is 3.72. The first-order valence-electron chi connectivity index (χ1n) is 10.2. The minimum atomic E-state index is -0.225. The Morgan fingerprint density at radius 3 is 2.61 bits per heavy atom. The normalized spacial score (nSPS) is 10.8. The van der Waals surface area contributed by atoms with Gasteiger partial charge in [0.25, 0.3) is 5.91 Å². The fraction of sp³-hybridized carbons (Fsp3) is 0. The van der Waals surface area contributed by atoms with Gasteiger partial charge in [0.1, 0.15) is 0 Å². The molecule has 5 N–H and O–H groups in total. The number of nitrogens with one attached hydrogen (secondary N) is 3. The Balaban J connectivity index is 1.38. The Morgan fingerprint density at radius 2 is 1.76 bits per heavy atom. The molecule has 0 aliphatic rings. The lowest BCUT2D eigenvalue weighted by molar-refractivity contribution is 0.102. The summed E-state index contributed by atoms with van der Waals surface area (Å²) in [5.74, 6) is 0.165. The molecule has 7 nitrogen and oxygen atoms in total. The summed E-state index contributed by atoms with van der Waals surface area (Å²) in [7, 11) is 0. The monoisotopic (exact) mass is 454 g/mol. The van der Waals surface area contributed by atoms with Crippen molar-refractivity contribution in [3.8, 4) is 11.3 Å². The number of hydrogen-bond acceptors (Lipinski definition) is 5. The Kier molecular flexibility index (Phi) is 5.38. The molecule has 5 aromatic rings. The van der Waals surface area contributed by atoms with Crippen molar-refractivity contribution in [1.29, 1.82) is 0 Å². The van der Waals surface area contributed by atoms with Crippen LogP contribution < -0.4 is 16.4 Å². The number of aromatic nitrogens is 3. The molecule has 33 heavy (non-hydrogen) atoms. The Bertz CT molecular complexity index is 1460. The molecule has 0 aliphatic carbocycles. The van der Waals surface area contributed by atoms with Crippen molar-refractivity contribution in [2.24, 2.45) is 0 Å². The molecule has 0 fully saturated rings. The third-order valence-corrected chi connectivity index (χ3v) is 5.41. The maximum Gasteiger partial charge on any atom is 0.255 e. The summed E-state index contributed by atoms with van der Waals surface area (Å²) in [6.07, 6.45) is 3.46. The van der Waals surface area contributed by atoms with Crippen molar-refractivity contribution in [2.75, 3.05) is 16.4 Å². The maximum absolute atomic E-state index is 12.5. The number of nitrogens with zero attached hydrogens (tertiary/aromatic N) is 2. The number of aromatic amines is 1. The van der Waals surface area contributed by atoms with E-state index in [4.69, 9.17) is 17.3 Å². The lowest BCUT2D eigenvalue weighted by Gasteiger charge is -2.10. The smallest absolute Gasteiger partial charge is 0.255 e. The van der Waals surface area contributed by atoms with Gasteiger partial charge < -0.3 is 21.4 Å². The van der Waals surface area contributed by atoms with Crippen LogP contribution in [0.2, 0.25) is 5.02 Å². The van der Waals surface area contributed by atoms with Crippen LogP contribution >= 0.6 is 11.6 Å². The Morgan fingerprint density at radius 1 is 0.970 bits per heavy atom. The van der Waals surface area contributed by atoms with Gasteiger partial charge in [0.05, 0.1) is 16.9 Å². The SMILES string of the molecule is Nc1ccc(C(=O)Nc2cccc(Nc3ncc(Cl)c(-c4c[nH]c5ccccc45)n3)c2)cc1. The lowest BCUT2D eigenvalue weighted by Crippen LogP contribution is -2.12. The summed E-state index contributed by atoms with van der Waals surface area (Å²) in [6, 6.07) is 22.0. The average molecular weight is 455 g/mol. The molecule has 0 spiro atoms. The molecule has 2 heterocycles. The van der Waals surface area contributed by atoms with E-state index in [-0.39, 0.29) is 5.91 Å². The van der Waals surface area contributed by atoms with Crippen molar-refractivity contribution in [2.45, 2.75) is 0 Å². The highest BCUT2D eigenvalue weighted by atomic mass is 35.5. The summed E-state index contributed by atoms with van der Waals surface area (Å²) in [5, 5.41) is 7.54. The van der Waals surface area contributed by atoms with Crippen LogP contribution in [-0.4, -0.2) is 20.9 Å². The predicted molar refractivity (Wildman–Crippen MR) is 133 cm³/mol. The Hall–Kier alpha value is -4.36. The molecule has 0 unspecified atom stereocenters. The zero-order valence-corrected chi connectivity index (χ0v) is 18.1. The quantitative estimate of drug-likeness (QED) is 0.249. The van der Waals surface area contributed by atoms with E-state index in [0.717, 1.165) is 22.2 Å². The van der Waals surface area contributed by atoms with Gasteiger partial charge in [-0.1, -0.05) is 35.9 Å². The Labute approximate surface area is 194 Å².